The summed E-state index contributed by atoms with van der Waals surface area (Å²) in [6.07, 6.45) is -0.130. The van der Waals surface area contributed by atoms with Gasteiger partial charge in [-0.15, -0.1) is 0 Å². The van der Waals surface area contributed by atoms with E-state index in [1.807, 2.05) is 20.8 Å². The second kappa shape index (κ2) is 8.77. The molecule has 2 N–H and O–H groups in total. The number of benzene rings is 2. The van der Waals surface area contributed by atoms with Gasteiger partial charge in [0.05, 0.1) is 23.3 Å². The summed E-state index contributed by atoms with van der Waals surface area (Å²) in [5, 5.41) is 12.8. The molecule has 0 bridgehead atoms. The number of halogens is 1. The average Bonchev–Trinajstić information content (AvgIpc) is 2.56. The minimum atomic E-state index is -0.441. The average molecular weight is 392 g/mol. The molecule has 2 aromatic carbocycles. The molecule has 1 amide bonds. The molecule has 0 aliphatic heterocycles. The number of hydrogen-bond acceptors (Lipinski definition) is 5. The third kappa shape index (κ3) is 5.14. The highest BCUT2D eigenvalue weighted by molar-refractivity contribution is 6.32. The van der Waals surface area contributed by atoms with E-state index < -0.39 is 5.91 Å². The van der Waals surface area contributed by atoms with Gasteiger partial charge >= 0.3 is 0 Å². The van der Waals surface area contributed by atoms with E-state index in [1.54, 1.807) is 6.07 Å². The Morgan fingerprint density at radius 2 is 1.93 bits per heavy atom. The third-order valence-corrected chi connectivity index (χ3v) is 3.84. The van der Waals surface area contributed by atoms with E-state index in [0.717, 1.165) is 0 Å². The van der Waals surface area contributed by atoms with Crippen LogP contribution in [-0.2, 0) is 0 Å². The summed E-state index contributed by atoms with van der Waals surface area (Å²) in [4.78, 5) is 24.0. The Morgan fingerprint density at radius 1 is 1.22 bits per heavy atom. The van der Waals surface area contributed by atoms with Crippen LogP contribution in [0.5, 0.6) is 17.2 Å². The van der Waals surface area contributed by atoms with Crippen molar-refractivity contribution in [3.63, 3.8) is 0 Å². The Hall–Kier alpha value is -2.73. The van der Waals surface area contributed by atoms with Crippen molar-refractivity contribution in [2.24, 2.45) is 0 Å². The molecule has 6 nitrogen and oxygen atoms in total. The van der Waals surface area contributed by atoms with Crippen LogP contribution in [0.15, 0.2) is 30.3 Å². The Labute approximate surface area is 163 Å². The molecule has 0 saturated heterocycles. The summed E-state index contributed by atoms with van der Waals surface area (Å²) in [7, 11) is 0. The molecule has 0 aliphatic rings. The highest BCUT2D eigenvalue weighted by Gasteiger charge is 2.18. The van der Waals surface area contributed by atoms with Gasteiger partial charge in [0.2, 0.25) is 0 Å². The molecule has 0 saturated carbocycles. The normalized spacial score (nSPS) is 10.6. The Balaban J connectivity index is 2.31. The smallest absolute Gasteiger partial charge is 0.255 e. The molecule has 0 unspecified atom stereocenters. The molecule has 27 heavy (non-hydrogen) atoms. The van der Waals surface area contributed by atoms with Crippen LogP contribution in [0.25, 0.3) is 0 Å². The van der Waals surface area contributed by atoms with Crippen molar-refractivity contribution in [2.75, 3.05) is 11.9 Å². The standard InChI is InChI=1S/C20H22ClNO5/c1-5-26-19-16(21)8-13(9-18(19)27-11(2)3)20(25)22-14-6-7-15(12(4)23)17(24)10-14/h6-11,24H,5H2,1-4H3,(H,22,25). The summed E-state index contributed by atoms with van der Waals surface area (Å²) < 4.78 is 11.2. The third-order valence-electron chi connectivity index (χ3n) is 3.56. The van der Waals surface area contributed by atoms with Crippen molar-refractivity contribution >= 4 is 29.0 Å². The maximum atomic E-state index is 12.6. The maximum Gasteiger partial charge on any atom is 0.255 e. The quantitative estimate of drug-likeness (QED) is 0.669. The fraction of sp³-hybridized carbons (Fsp3) is 0.300. The number of ether oxygens (including phenoxy) is 2. The van der Waals surface area contributed by atoms with Crippen molar-refractivity contribution in [1.82, 2.24) is 0 Å². The second-order valence-corrected chi connectivity index (χ2v) is 6.53. The SMILES string of the molecule is CCOc1c(Cl)cc(C(=O)Nc2ccc(C(C)=O)c(O)c2)cc1OC(C)C. The largest absolute Gasteiger partial charge is 0.507 e. The number of ketones is 1. The van der Waals surface area contributed by atoms with Gasteiger partial charge in [-0.05, 0) is 52.0 Å². The first-order chi connectivity index (χ1) is 12.7. The highest BCUT2D eigenvalue weighted by Crippen LogP contribution is 2.37. The molecule has 0 heterocycles. The van der Waals surface area contributed by atoms with Gasteiger partial charge in [-0.25, -0.2) is 0 Å². The monoisotopic (exact) mass is 391 g/mol. The van der Waals surface area contributed by atoms with E-state index in [2.05, 4.69) is 5.32 Å². The zero-order chi connectivity index (χ0) is 20.1. The fourth-order valence-corrected chi connectivity index (χ4v) is 2.70. The van der Waals surface area contributed by atoms with Crippen LogP contribution in [0.3, 0.4) is 0 Å². The predicted octanol–water partition coefficient (Wildman–Crippen LogP) is 4.69. The van der Waals surface area contributed by atoms with Crippen LogP contribution in [-0.4, -0.2) is 29.5 Å². The Kier molecular flexibility index (Phi) is 6.69. The van der Waals surface area contributed by atoms with Crippen LogP contribution < -0.4 is 14.8 Å². The van der Waals surface area contributed by atoms with Gasteiger partial charge in [0.15, 0.2) is 17.3 Å². The first-order valence-electron chi connectivity index (χ1n) is 8.51. The molecule has 0 radical (unpaired) electrons. The molecule has 7 heteroatoms. The number of phenolic OH excluding ortho intramolecular Hbond substituents is 1. The van der Waals surface area contributed by atoms with Gasteiger partial charge in [-0.1, -0.05) is 11.6 Å². The highest BCUT2D eigenvalue weighted by atomic mass is 35.5. The topological polar surface area (TPSA) is 84.9 Å². The summed E-state index contributed by atoms with van der Waals surface area (Å²) in [6, 6.07) is 7.34. The summed E-state index contributed by atoms with van der Waals surface area (Å²) >= 11 is 6.26. The lowest BCUT2D eigenvalue weighted by atomic mass is 10.1. The van der Waals surface area contributed by atoms with Gasteiger partial charge in [0.1, 0.15) is 5.75 Å². The van der Waals surface area contributed by atoms with E-state index in [4.69, 9.17) is 21.1 Å². The number of hydrogen-bond donors (Lipinski definition) is 2. The van der Waals surface area contributed by atoms with Crippen LogP contribution in [0.1, 0.15) is 48.4 Å². The van der Waals surface area contributed by atoms with E-state index in [1.165, 1.54) is 31.2 Å². The van der Waals surface area contributed by atoms with E-state index in [9.17, 15) is 14.7 Å². The maximum absolute atomic E-state index is 12.6. The molecule has 0 atom stereocenters. The number of carbonyl (C=O) groups is 2. The molecule has 2 rings (SSSR count). The van der Waals surface area contributed by atoms with Crippen molar-refractivity contribution in [1.29, 1.82) is 0 Å². The number of aromatic hydroxyl groups is 1. The molecule has 0 fully saturated rings. The number of rotatable bonds is 7. The number of Topliss-reactive ketones (excluding diaryl/α,β-unsaturated/α-hetero) is 1. The van der Waals surface area contributed by atoms with Crippen LogP contribution in [0, 0.1) is 0 Å². The van der Waals surface area contributed by atoms with Gasteiger partial charge in [0.25, 0.3) is 5.91 Å². The molecule has 2 aromatic rings. The van der Waals surface area contributed by atoms with Crippen molar-refractivity contribution in [3.8, 4) is 17.2 Å². The molecular formula is C20H22ClNO5. The minimum absolute atomic E-state index is 0.130. The lowest BCUT2D eigenvalue weighted by molar-refractivity contribution is 0.101. The first-order valence-corrected chi connectivity index (χ1v) is 8.89. The van der Waals surface area contributed by atoms with Crippen molar-refractivity contribution in [3.05, 3.63) is 46.5 Å². The first kappa shape index (κ1) is 20.6. The number of carbonyl (C=O) groups excluding carboxylic acids is 2. The number of anilines is 1. The fourth-order valence-electron chi connectivity index (χ4n) is 2.44. The number of nitrogens with one attached hydrogen (secondary N) is 1. The number of amides is 1. The molecule has 0 aromatic heterocycles. The lowest BCUT2D eigenvalue weighted by Gasteiger charge is -2.17. The second-order valence-electron chi connectivity index (χ2n) is 6.13. The molecular weight excluding hydrogens is 370 g/mol. The van der Waals surface area contributed by atoms with Crippen LogP contribution in [0.2, 0.25) is 5.02 Å². The van der Waals surface area contributed by atoms with E-state index in [0.29, 0.717) is 23.8 Å². The predicted molar refractivity (Wildman–Crippen MR) is 104 cm³/mol. The van der Waals surface area contributed by atoms with Crippen LogP contribution >= 0.6 is 11.6 Å². The van der Waals surface area contributed by atoms with Crippen molar-refractivity contribution < 1.29 is 24.2 Å². The van der Waals surface area contributed by atoms with Gasteiger partial charge in [0, 0.05) is 17.3 Å². The lowest BCUT2D eigenvalue weighted by Crippen LogP contribution is -2.14. The number of phenols is 1. The Bertz CT molecular complexity index is 864. The van der Waals surface area contributed by atoms with Crippen molar-refractivity contribution in [2.45, 2.75) is 33.8 Å². The van der Waals surface area contributed by atoms with Gasteiger partial charge < -0.3 is 19.9 Å². The summed E-state index contributed by atoms with van der Waals surface area (Å²) in [5.41, 5.74) is 0.804. The van der Waals surface area contributed by atoms with Gasteiger partial charge in [-0.2, -0.15) is 0 Å². The Morgan fingerprint density at radius 3 is 2.48 bits per heavy atom. The van der Waals surface area contributed by atoms with Crippen LogP contribution in [0.4, 0.5) is 5.69 Å². The minimum Gasteiger partial charge on any atom is -0.507 e. The summed E-state index contributed by atoms with van der Waals surface area (Å²) in [5.74, 6) is -0.149. The zero-order valence-electron chi connectivity index (χ0n) is 15.6. The summed E-state index contributed by atoms with van der Waals surface area (Å²) in [6.45, 7) is 7.30. The molecule has 0 spiro atoms. The van der Waals surface area contributed by atoms with Gasteiger partial charge in [-0.3, -0.25) is 9.59 Å². The van der Waals surface area contributed by atoms with E-state index >= 15 is 0 Å². The zero-order valence-corrected chi connectivity index (χ0v) is 16.4. The van der Waals surface area contributed by atoms with E-state index in [-0.39, 0.29) is 33.8 Å². The molecule has 144 valence electrons. The molecule has 0 aliphatic carbocycles.